The molecule has 0 saturated heterocycles. The number of aromatic amines is 1. The van der Waals surface area contributed by atoms with E-state index in [1.807, 2.05) is 24.3 Å². The zero-order valence-corrected chi connectivity index (χ0v) is 18.6. The Hall–Kier alpha value is -4.06. The summed E-state index contributed by atoms with van der Waals surface area (Å²) in [6, 6.07) is 20.8. The van der Waals surface area contributed by atoms with Crippen LogP contribution in [-0.2, 0) is 5.41 Å². The lowest BCUT2D eigenvalue weighted by molar-refractivity contribution is 0.590. The Balaban J connectivity index is 1.80. The van der Waals surface area contributed by atoms with Gasteiger partial charge < -0.3 is 4.98 Å². The normalized spacial score (nSPS) is 11.8. The monoisotopic (exact) mass is 438 g/mol. The van der Waals surface area contributed by atoms with Gasteiger partial charge in [0.25, 0.3) is 5.56 Å². The Bertz CT molecular complexity index is 1520. The average molecular weight is 439 g/mol. The van der Waals surface area contributed by atoms with Gasteiger partial charge in [-0.1, -0.05) is 75.4 Å². The van der Waals surface area contributed by atoms with E-state index in [0.29, 0.717) is 27.8 Å². The molecule has 0 aliphatic carbocycles. The third-order valence-electron chi connectivity index (χ3n) is 5.85. The van der Waals surface area contributed by atoms with Gasteiger partial charge in [0.05, 0.1) is 18.2 Å². The van der Waals surface area contributed by atoms with Crippen molar-refractivity contribution in [3.8, 4) is 27.9 Å². The van der Waals surface area contributed by atoms with E-state index in [-0.39, 0.29) is 16.8 Å². The van der Waals surface area contributed by atoms with E-state index in [0.717, 1.165) is 11.1 Å². The minimum absolute atomic E-state index is 0.0292. The Labute approximate surface area is 190 Å². The van der Waals surface area contributed by atoms with Gasteiger partial charge >= 0.3 is 0 Å². The molecule has 3 aromatic carbocycles. The van der Waals surface area contributed by atoms with Crippen molar-refractivity contribution in [3.05, 3.63) is 101 Å². The van der Waals surface area contributed by atoms with E-state index >= 15 is 4.39 Å². The third kappa shape index (κ3) is 3.63. The number of halogens is 1. The Morgan fingerprint density at radius 1 is 0.909 bits per heavy atom. The molecule has 5 nitrogen and oxygen atoms in total. The van der Waals surface area contributed by atoms with Gasteiger partial charge in [-0.15, -0.1) is 0 Å². The van der Waals surface area contributed by atoms with Crippen molar-refractivity contribution in [2.75, 3.05) is 0 Å². The van der Waals surface area contributed by atoms with Crippen LogP contribution < -0.4 is 5.56 Å². The smallest absolute Gasteiger partial charge is 0.261 e. The van der Waals surface area contributed by atoms with Gasteiger partial charge in [0.15, 0.2) is 5.65 Å². The Morgan fingerprint density at radius 3 is 2.36 bits per heavy atom. The molecule has 2 aromatic heterocycles. The lowest BCUT2D eigenvalue weighted by atomic mass is 9.85. The number of rotatable bonds is 3. The maximum atomic E-state index is 15.1. The number of benzene rings is 3. The predicted octanol–water partition coefficient (Wildman–Crippen LogP) is 5.88. The van der Waals surface area contributed by atoms with Crippen LogP contribution in [0.3, 0.4) is 0 Å². The lowest BCUT2D eigenvalue weighted by Gasteiger charge is -2.20. The SMILES string of the molecule is CC(C)(C)c1ccc(-c2cccc(-n3ncc4c(=O)[nH]cnc43)c2-c2ccccc2F)cc1. The molecule has 0 saturated carbocycles. The average Bonchev–Trinajstić information content (AvgIpc) is 3.24. The summed E-state index contributed by atoms with van der Waals surface area (Å²) in [5, 5.41) is 4.81. The predicted molar refractivity (Wildman–Crippen MR) is 129 cm³/mol. The van der Waals surface area contributed by atoms with E-state index in [2.05, 4.69) is 60.1 Å². The number of nitrogens with zero attached hydrogens (tertiary/aromatic N) is 3. The molecule has 0 atom stereocenters. The van der Waals surface area contributed by atoms with Crippen LogP contribution in [0.1, 0.15) is 26.3 Å². The summed E-state index contributed by atoms with van der Waals surface area (Å²) in [5.74, 6) is -0.334. The van der Waals surface area contributed by atoms with Gasteiger partial charge in [-0.05, 0) is 34.2 Å². The summed E-state index contributed by atoms with van der Waals surface area (Å²) in [7, 11) is 0. The molecular formula is C27H23FN4O. The van der Waals surface area contributed by atoms with Crippen molar-refractivity contribution < 1.29 is 4.39 Å². The second-order valence-corrected chi connectivity index (χ2v) is 9.03. The highest BCUT2D eigenvalue weighted by Gasteiger charge is 2.20. The number of fused-ring (bicyclic) bond motifs is 1. The summed E-state index contributed by atoms with van der Waals surface area (Å²) < 4.78 is 16.7. The van der Waals surface area contributed by atoms with E-state index in [4.69, 9.17) is 0 Å². The second-order valence-electron chi connectivity index (χ2n) is 9.03. The lowest BCUT2D eigenvalue weighted by Crippen LogP contribution is -2.10. The van der Waals surface area contributed by atoms with Crippen LogP contribution in [0.25, 0.3) is 39.0 Å². The standard InChI is InChI=1S/C27H23FN4O/c1-27(2,3)18-13-11-17(12-14-18)19-8-6-10-23(24(19)20-7-4-5-9-22(20)28)32-25-21(15-31-32)26(33)30-16-29-25/h4-16H,1-3H3,(H,29,30,33). The molecule has 6 heteroatoms. The van der Waals surface area contributed by atoms with Gasteiger partial charge in [0.2, 0.25) is 0 Å². The largest absolute Gasteiger partial charge is 0.312 e. The molecule has 5 aromatic rings. The maximum absolute atomic E-state index is 15.1. The van der Waals surface area contributed by atoms with Crippen LogP contribution in [0, 0.1) is 5.82 Å². The van der Waals surface area contributed by atoms with Gasteiger partial charge in [0, 0.05) is 11.1 Å². The zero-order chi connectivity index (χ0) is 23.2. The molecule has 0 fully saturated rings. The first-order chi connectivity index (χ1) is 15.8. The minimum atomic E-state index is -0.334. The molecule has 2 heterocycles. The molecule has 0 radical (unpaired) electrons. The molecule has 0 aliphatic heterocycles. The number of aromatic nitrogens is 4. The number of hydrogen-bond donors (Lipinski definition) is 1. The minimum Gasteiger partial charge on any atom is -0.312 e. The van der Waals surface area contributed by atoms with Crippen molar-refractivity contribution in [2.45, 2.75) is 26.2 Å². The van der Waals surface area contributed by atoms with Crippen LogP contribution in [0.5, 0.6) is 0 Å². The molecule has 0 spiro atoms. The third-order valence-corrected chi connectivity index (χ3v) is 5.85. The van der Waals surface area contributed by atoms with Crippen LogP contribution in [-0.4, -0.2) is 19.7 Å². The molecule has 0 aliphatic rings. The van der Waals surface area contributed by atoms with E-state index in [1.54, 1.807) is 16.8 Å². The van der Waals surface area contributed by atoms with Gasteiger partial charge in [0.1, 0.15) is 11.2 Å². The summed E-state index contributed by atoms with van der Waals surface area (Å²) >= 11 is 0. The zero-order valence-electron chi connectivity index (χ0n) is 18.6. The summed E-state index contributed by atoms with van der Waals surface area (Å²) in [4.78, 5) is 19.1. The fourth-order valence-electron chi connectivity index (χ4n) is 4.09. The van der Waals surface area contributed by atoms with Crippen LogP contribution in [0.15, 0.2) is 84.0 Å². The van der Waals surface area contributed by atoms with E-state index in [9.17, 15) is 4.79 Å². The van der Waals surface area contributed by atoms with E-state index < -0.39 is 0 Å². The number of H-pyrrole nitrogens is 1. The molecule has 33 heavy (non-hydrogen) atoms. The molecule has 0 amide bonds. The van der Waals surface area contributed by atoms with Gasteiger partial charge in [-0.2, -0.15) is 5.10 Å². The first kappa shape index (κ1) is 20.8. The number of hydrogen-bond acceptors (Lipinski definition) is 3. The number of nitrogens with one attached hydrogen (secondary N) is 1. The highest BCUT2D eigenvalue weighted by molar-refractivity contribution is 5.90. The second kappa shape index (κ2) is 7.81. The van der Waals surface area contributed by atoms with E-state index in [1.165, 1.54) is 24.2 Å². The highest BCUT2D eigenvalue weighted by Crippen LogP contribution is 2.39. The quantitative estimate of drug-likeness (QED) is 0.383. The van der Waals surface area contributed by atoms with Crippen LogP contribution in [0.2, 0.25) is 0 Å². The summed E-state index contributed by atoms with van der Waals surface area (Å²) in [6.45, 7) is 6.51. The first-order valence-electron chi connectivity index (χ1n) is 10.8. The Kier molecular flexibility index (Phi) is 4.93. The van der Waals surface area contributed by atoms with Crippen LogP contribution in [0.4, 0.5) is 4.39 Å². The molecule has 164 valence electrons. The van der Waals surface area contributed by atoms with Crippen LogP contribution >= 0.6 is 0 Å². The highest BCUT2D eigenvalue weighted by atomic mass is 19.1. The molecule has 0 unspecified atom stereocenters. The summed E-state index contributed by atoms with van der Waals surface area (Å²) in [6.07, 6.45) is 2.83. The van der Waals surface area contributed by atoms with Crippen molar-refractivity contribution >= 4 is 11.0 Å². The topological polar surface area (TPSA) is 63.6 Å². The molecule has 1 N–H and O–H groups in total. The summed E-state index contributed by atoms with van der Waals surface area (Å²) in [5.41, 5.74) is 5.01. The first-order valence-corrected chi connectivity index (χ1v) is 10.8. The van der Waals surface area contributed by atoms with Gasteiger partial charge in [-0.3, -0.25) is 4.79 Å². The Morgan fingerprint density at radius 2 is 1.64 bits per heavy atom. The fraction of sp³-hybridized carbons (Fsp3) is 0.148. The van der Waals surface area contributed by atoms with Crippen molar-refractivity contribution in [1.29, 1.82) is 0 Å². The van der Waals surface area contributed by atoms with Gasteiger partial charge in [-0.25, -0.2) is 14.1 Å². The molecular weight excluding hydrogens is 415 g/mol. The van der Waals surface area contributed by atoms with Crippen molar-refractivity contribution in [2.24, 2.45) is 0 Å². The van der Waals surface area contributed by atoms with Crippen molar-refractivity contribution in [1.82, 2.24) is 19.7 Å². The molecule has 0 bridgehead atoms. The maximum Gasteiger partial charge on any atom is 0.261 e. The molecule has 5 rings (SSSR count). The van der Waals surface area contributed by atoms with Crippen molar-refractivity contribution in [3.63, 3.8) is 0 Å². The fourth-order valence-corrected chi connectivity index (χ4v) is 4.09.